The van der Waals surface area contributed by atoms with Gasteiger partial charge in [-0.1, -0.05) is 29.3 Å². The lowest BCUT2D eigenvalue weighted by Gasteiger charge is -2.17. The van der Waals surface area contributed by atoms with Crippen LogP contribution < -0.4 is 10.1 Å². The summed E-state index contributed by atoms with van der Waals surface area (Å²) in [6.45, 7) is 10.5. The number of nitrogens with one attached hydrogen (secondary N) is 1. The number of hydrogen-bond acceptors (Lipinski definition) is 2. The lowest BCUT2D eigenvalue weighted by Crippen LogP contribution is -2.08. The molecule has 0 aliphatic heterocycles. The highest BCUT2D eigenvalue weighted by atomic mass is 16.5. The second kappa shape index (κ2) is 6.66. The van der Waals surface area contributed by atoms with Crippen molar-refractivity contribution in [3.8, 4) is 5.75 Å². The first-order chi connectivity index (χ1) is 9.94. The van der Waals surface area contributed by atoms with Gasteiger partial charge in [0.15, 0.2) is 0 Å². The van der Waals surface area contributed by atoms with Crippen molar-refractivity contribution in [3.63, 3.8) is 0 Å². The van der Waals surface area contributed by atoms with Crippen molar-refractivity contribution in [1.82, 2.24) is 0 Å². The summed E-state index contributed by atoms with van der Waals surface area (Å²) in [5, 5.41) is 3.54. The molecule has 0 saturated carbocycles. The van der Waals surface area contributed by atoms with Gasteiger partial charge in [-0.15, -0.1) is 0 Å². The van der Waals surface area contributed by atoms with Crippen LogP contribution in [-0.4, -0.2) is 6.10 Å². The molecule has 0 saturated heterocycles. The van der Waals surface area contributed by atoms with E-state index in [1.165, 1.54) is 16.7 Å². The highest BCUT2D eigenvalue weighted by Gasteiger charge is 2.07. The van der Waals surface area contributed by atoms with E-state index in [-0.39, 0.29) is 12.1 Å². The van der Waals surface area contributed by atoms with Crippen molar-refractivity contribution in [2.75, 3.05) is 5.32 Å². The van der Waals surface area contributed by atoms with Crippen molar-refractivity contribution in [3.05, 3.63) is 59.2 Å². The number of aryl methyl sites for hydroxylation is 2. The Morgan fingerprint density at radius 2 is 1.43 bits per heavy atom. The van der Waals surface area contributed by atoms with E-state index in [1.807, 2.05) is 26.0 Å². The molecule has 2 aromatic rings. The smallest absolute Gasteiger partial charge is 0.119 e. The molecule has 112 valence electrons. The van der Waals surface area contributed by atoms with Crippen molar-refractivity contribution in [1.29, 1.82) is 0 Å². The summed E-state index contributed by atoms with van der Waals surface area (Å²) in [5.74, 6) is 0.912. The lowest BCUT2D eigenvalue weighted by molar-refractivity contribution is 0.242. The first-order valence-corrected chi connectivity index (χ1v) is 7.55. The molecule has 0 bridgehead atoms. The van der Waals surface area contributed by atoms with Crippen LogP contribution in [0.25, 0.3) is 0 Å². The Morgan fingerprint density at radius 1 is 0.857 bits per heavy atom. The maximum Gasteiger partial charge on any atom is 0.119 e. The zero-order chi connectivity index (χ0) is 15.4. The minimum absolute atomic E-state index is 0.206. The molecular formula is C19H25NO. The van der Waals surface area contributed by atoms with Crippen LogP contribution in [-0.2, 0) is 0 Å². The van der Waals surface area contributed by atoms with Gasteiger partial charge in [0.1, 0.15) is 5.75 Å². The van der Waals surface area contributed by atoms with Gasteiger partial charge < -0.3 is 10.1 Å². The summed E-state index contributed by atoms with van der Waals surface area (Å²) in [5.41, 5.74) is 5.03. The third-order valence-corrected chi connectivity index (χ3v) is 3.35. The van der Waals surface area contributed by atoms with E-state index in [0.29, 0.717) is 0 Å². The van der Waals surface area contributed by atoms with E-state index in [9.17, 15) is 0 Å². The van der Waals surface area contributed by atoms with Gasteiger partial charge >= 0.3 is 0 Å². The van der Waals surface area contributed by atoms with Gasteiger partial charge in [-0.3, -0.25) is 0 Å². The van der Waals surface area contributed by atoms with Crippen LogP contribution in [0.2, 0.25) is 0 Å². The summed E-state index contributed by atoms with van der Waals surface area (Å²) in [6.07, 6.45) is 0.206. The molecule has 0 aromatic heterocycles. The van der Waals surface area contributed by atoms with Crippen LogP contribution in [0.3, 0.4) is 0 Å². The topological polar surface area (TPSA) is 21.3 Å². The Balaban J connectivity index is 2.06. The second-order valence-electron chi connectivity index (χ2n) is 5.98. The molecule has 1 N–H and O–H groups in total. The Morgan fingerprint density at radius 3 is 1.95 bits per heavy atom. The molecule has 0 aliphatic carbocycles. The molecule has 0 spiro atoms. The van der Waals surface area contributed by atoms with Crippen LogP contribution in [0.1, 0.15) is 43.5 Å². The molecule has 2 heteroatoms. The van der Waals surface area contributed by atoms with Gasteiger partial charge in [0.05, 0.1) is 6.10 Å². The highest BCUT2D eigenvalue weighted by Crippen LogP contribution is 2.23. The summed E-state index contributed by atoms with van der Waals surface area (Å²) < 4.78 is 5.66. The number of benzene rings is 2. The van der Waals surface area contributed by atoms with Gasteiger partial charge in [0, 0.05) is 11.7 Å². The number of rotatable bonds is 5. The highest BCUT2D eigenvalue weighted by molar-refractivity contribution is 5.48. The van der Waals surface area contributed by atoms with Gasteiger partial charge in [-0.25, -0.2) is 0 Å². The van der Waals surface area contributed by atoms with Crippen LogP contribution >= 0.6 is 0 Å². The SMILES string of the molecule is Cc1cc(C)cc(C(C)Nc2ccc(OC(C)C)cc2)c1. The van der Waals surface area contributed by atoms with Gasteiger partial charge in [-0.2, -0.15) is 0 Å². The predicted octanol–water partition coefficient (Wildman–Crippen LogP) is 5.26. The maximum absolute atomic E-state index is 5.66. The minimum atomic E-state index is 0.206. The van der Waals surface area contributed by atoms with E-state index in [1.54, 1.807) is 0 Å². The summed E-state index contributed by atoms with van der Waals surface area (Å²) in [4.78, 5) is 0. The third kappa shape index (κ3) is 4.52. The summed E-state index contributed by atoms with van der Waals surface area (Å²) in [7, 11) is 0. The van der Waals surface area contributed by atoms with Crippen LogP contribution in [0, 0.1) is 13.8 Å². The third-order valence-electron chi connectivity index (χ3n) is 3.35. The Kier molecular flexibility index (Phi) is 4.89. The Labute approximate surface area is 128 Å². The monoisotopic (exact) mass is 283 g/mol. The molecule has 2 nitrogen and oxygen atoms in total. The molecular weight excluding hydrogens is 258 g/mol. The quantitative estimate of drug-likeness (QED) is 0.807. The first-order valence-electron chi connectivity index (χ1n) is 7.55. The Hall–Kier alpha value is -1.96. The molecule has 0 radical (unpaired) electrons. The van der Waals surface area contributed by atoms with Crippen molar-refractivity contribution >= 4 is 5.69 Å². The molecule has 1 atom stereocenters. The Bertz CT molecular complexity index is 567. The average molecular weight is 283 g/mol. The molecule has 1 unspecified atom stereocenters. The van der Waals surface area contributed by atoms with Gasteiger partial charge in [0.25, 0.3) is 0 Å². The molecule has 0 amide bonds. The largest absolute Gasteiger partial charge is 0.491 e. The molecule has 2 rings (SSSR count). The fourth-order valence-electron chi connectivity index (χ4n) is 2.50. The zero-order valence-electron chi connectivity index (χ0n) is 13.6. The summed E-state index contributed by atoms with van der Waals surface area (Å²) in [6, 6.07) is 15.1. The predicted molar refractivity (Wildman–Crippen MR) is 90.2 cm³/mol. The van der Waals surface area contributed by atoms with E-state index >= 15 is 0 Å². The van der Waals surface area contributed by atoms with Crippen molar-refractivity contribution < 1.29 is 4.74 Å². The van der Waals surface area contributed by atoms with E-state index < -0.39 is 0 Å². The van der Waals surface area contributed by atoms with E-state index in [0.717, 1.165) is 11.4 Å². The fourth-order valence-corrected chi connectivity index (χ4v) is 2.50. The van der Waals surface area contributed by atoms with Gasteiger partial charge in [-0.05, 0) is 64.4 Å². The average Bonchev–Trinajstić information content (AvgIpc) is 2.39. The van der Waals surface area contributed by atoms with Crippen LogP contribution in [0.15, 0.2) is 42.5 Å². The molecule has 0 aliphatic rings. The molecule has 21 heavy (non-hydrogen) atoms. The molecule has 2 aromatic carbocycles. The van der Waals surface area contributed by atoms with Crippen LogP contribution in [0.5, 0.6) is 5.75 Å². The normalized spacial score (nSPS) is 12.3. The molecule has 0 heterocycles. The van der Waals surface area contributed by atoms with E-state index in [4.69, 9.17) is 4.74 Å². The van der Waals surface area contributed by atoms with Crippen molar-refractivity contribution in [2.24, 2.45) is 0 Å². The van der Waals surface area contributed by atoms with Crippen molar-refractivity contribution in [2.45, 2.75) is 46.8 Å². The minimum Gasteiger partial charge on any atom is -0.491 e. The number of anilines is 1. The second-order valence-corrected chi connectivity index (χ2v) is 5.98. The first kappa shape index (κ1) is 15.4. The zero-order valence-corrected chi connectivity index (χ0v) is 13.6. The maximum atomic E-state index is 5.66. The fraction of sp³-hybridized carbons (Fsp3) is 0.368. The lowest BCUT2D eigenvalue weighted by atomic mass is 10.0. The van der Waals surface area contributed by atoms with Crippen LogP contribution in [0.4, 0.5) is 5.69 Å². The standard InChI is InChI=1S/C19H25NO/c1-13(2)21-19-8-6-18(7-9-19)20-16(5)17-11-14(3)10-15(4)12-17/h6-13,16,20H,1-5H3. The number of ether oxygens (including phenoxy) is 1. The summed E-state index contributed by atoms with van der Waals surface area (Å²) >= 11 is 0. The number of hydrogen-bond donors (Lipinski definition) is 1. The van der Waals surface area contributed by atoms with Gasteiger partial charge in [0.2, 0.25) is 0 Å². The molecule has 0 fully saturated rings. The van der Waals surface area contributed by atoms with E-state index in [2.05, 4.69) is 56.4 Å².